The number of hydrogen-bond donors (Lipinski definition) is 2. The predicted molar refractivity (Wildman–Crippen MR) is 128 cm³/mol. The zero-order chi connectivity index (χ0) is 22.6. The molecule has 2 heterocycles. The number of pyridine rings is 1. The molecule has 0 spiro atoms. The van der Waals surface area contributed by atoms with Gasteiger partial charge in [0.05, 0.1) is 13.2 Å². The first-order valence-electron chi connectivity index (χ1n) is 11.4. The molecule has 0 aliphatic carbocycles. The Kier molecular flexibility index (Phi) is 9.16. The van der Waals surface area contributed by atoms with Crippen molar-refractivity contribution in [1.29, 1.82) is 0 Å². The van der Waals surface area contributed by atoms with Crippen LogP contribution in [-0.2, 0) is 12.8 Å². The van der Waals surface area contributed by atoms with Crippen LogP contribution in [0.1, 0.15) is 38.6 Å². The SMILES string of the molecule is CCNC(=NCCCc1nnc2ccccn12)NCCc1ccc(OCC)c(OCC)c1. The quantitative estimate of drug-likeness (QED) is 0.257. The summed E-state index contributed by atoms with van der Waals surface area (Å²) in [6.07, 6.45) is 4.60. The van der Waals surface area contributed by atoms with E-state index in [9.17, 15) is 0 Å². The van der Waals surface area contributed by atoms with Crippen LogP contribution in [0.4, 0.5) is 0 Å². The number of fused-ring (bicyclic) bond motifs is 1. The van der Waals surface area contributed by atoms with Crippen molar-refractivity contribution in [1.82, 2.24) is 25.2 Å². The smallest absolute Gasteiger partial charge is 0.191 e. The normalized spacial score (nSPS) is 11.5. The highest BCUT2D eigenvalue weighted by molar-refractivity contribution is 5.79. The first-order valence-corrected chi connectivity index (χ1v) is 11.4. The number of nitrogens with one attached hydrogen (secondary N) is 2. The molecule has 0 aliphatic heterocycles. The maximum Gasteiger partial charge on any atom is 0.191 e. The van der Waals surface area contributed by atoms with Gasteiger partial charge in [-0.3, -0.25) is 9.39 Å². The molecule has 0 saturated carbocycles. The fourth-order valence-corrected chi connectivity index (χ4v) is 3.41. The zero-order valence-electron chi connectivity index (χ0n) is 19.3. The third kappa shape index (κ3) is 6.60. The van der Waals surface area contributed by atoms with Gasteiger partial charge in [0.25, 0.3) is 0 Å². The number of aromatic nitrogens is 3. The highest BCUT2D eigenvalue weighted by Crippen LogP contribution is 2.28. The Morgan fingerprint density at radius 3 is 2.62 bits per heavy atom. The highest BCUT2D eigenvalue weighted by atomic mass is 16.5. The van der Waals surface area contributed by atoms with E-state index in [0.29, 0.717) is 19.8 Å². The molecular formula is C24H34N6O2. The molecule has 0 aliphatic rings. The lowest BCUT2D eigenvalue weighted by atomic mass is 10.1. The molecule has 2 aromatic heterocycles. The lowest BCUT2D eigenvalue weighted by molar-refractivity contribution is 0.287. The molecule has 0 amide bonds. The minimum Gasteiger partial charge on any atom is -0.490 e. The lowest BCUT2D eigenvalue weighted by Crippen LogP contribution is -2.38. The van der Waals surface area contributed by atoms with Crippen LogP contribution in [0.2, 0.25) is 0 Å². The number of guanidine groups is 1. The zero-order valence-corrected chi connectivity index (χ0v) is 19.3. The van der Waals surface area contributed by atoms with Crippen molar-refractivity contribution in [2.45, 2.75) is 40.0 Å². The molecule has 0 saturated heterocycles. The van der Waals surface area contributed by atoms with E-state index in [1.807, 2.05) is 48.7 Å². The fraction of sp³-hybridized carbons (Fsp3) is 0.458. The largest absolute Gasteiger partial charge is 0.490 e. The van der Waals surface area contributed by atoms with Gasteiger partial charge in [0.1, 0.15) is 5.82 Å². The van der Waals surface area contributed by atoms with E-state index in [4.69, 9.17) is 14.5 Å². The fourth-order valence-electron chi connectivity index (χ4n) is 3.41. The summed E-state index contributed by atoms with van der Waals surface area (Å²) in [7, 11) is 0. The van der Waals surface area contributed by atoms with Crippen LogP contribution in [0.25, 0.3) is 5.65 Å². The van der Waals surface area contributed by atoms with E-state index in [-0.39, 0.29) is 0 Å². The summed E-state index contributed by atoms with van der Waals surface area (Å²) in [6.45, 7) is 9.58. The van der Waals surface area contributed by atoms with Crippen molar-refractivity contribution in [2.24, 2.45) is 4.99 Å². The second-order valence-electron chi connectivity index (χ2n) is 7.23. The van der Waals surface area contributed by atoms with Crippen LogP contribution in [0, 0.1) is 0 Å². The minimum absolute atomic E-state index is 0.615. The van der Waals surface area contributed by atoms with Crippen LogP contribution >= 0.6 is 0 Å². The molecule has 0 unspecified atom stereocenters. The number of rotatable bonds is 12. The summed E-state index contributed by atoms with van der Waals surface area (Å²) in [4.78, 5) is 4.70. The minimum atomic E-state index is 0.615. The lowest BCUT2D eigenvalue weighted by Gasteiger charge is -2.14. The summed E-state index contributed by atoms with van der Waals surface area (Å²) < 4.78 is 13.4. The third-order valence-corrected chi connectivity index (χ3v) is 4.87. The molecule has 0 bridgehead atoms. The van der Waals surface area contributed by atoms with E-state index < -0.39 is 0 Å². The molecule has 1 aromatic carbocycles. The van der Waals surface area contributed by atoms with Crippen molar-refractivity contribution in [3.63, 3.8) is 0 Å². The van der Waals surface area contributed by atoms with Crippen LogP contribution in [-0.4, -0.2) is 53.4 Å². The van der Waals surface area contributed by atoms with Gasteiger partial charge in [0, 0.05) is 32.3 Å². The summed E-state index contributed by atoms with van der Waals surface area (Å²) >= 11 is 0. The van der Waals surface area contributed by atoms with Gasteiger partial charge in [-0.15, -0.1) is 10.2 Å². The molecule has 172 valence electrons. The van der Waals surface area contributed by atoms with Gasteiger partial charge in [-0.2, -0.15) is 0 Å². The molecule has 3 aromatic rings. The summed E-state index contributed by atoms with van der Waals surface area (Å²) in [6, 6.07) is 12.1. The van der Waals surface area contributed by atoms with E-state index in [0.717, 1.165) is 61.3 Å². The van der Waals surface area contributed by atoms with Crippen molar-refractivity contribution < 1.29 is 9.47 Å². The number of aryl methyl sites for hydroxylation is 1. The molecule has 0 radical (unpaired) electrons. The summed E-state index contributed by atoms with van der Waals surface area (Å²) in [5.74, 6) is 3.39. The average Bonchev–Trinajstić information content (AvgIpc) is 3.22. The number of benzene rings is 1. The molecule has 0 atom stereocenters. The Bertz CT molecular complexity index is 1000. The van der Waals surface area contributed by atoms with E-state index in [2.05, 4.69) is 39.9 Å². The Morgan fingerprint density at radius 1 is 0.969 bits per heavy atom. The number of hydrogen-bond acceptors (Lipinski definition) is 5. The van der Waals surface area contributed by atoms with Crippen molar-refractivity contribution in [2.75, 3.05) is 32.8 Å². The Labute approximate surface area is 190 Å². The van der Waals surface area contributed by atoms with E-state index in [1.165, 1.54) is 5.56 Å². The Balaban J connectivity index is 1.49. The average molecular weight is 439 g/mol. The molecule has 2 N–H and O–H groups in total. The van der Waals surface area contributed by atoms with Gasteiger partial charge in [-0.05, 0) is 63.4 Å². The van der Waals surface area contributed by atoms with Gasteiger partial charge in [-0.1, -0.05) is 12.1 Å². The van der Waals surface area contributed by atoms with Gasteiger partial charge < -0.3 is 20.1 Å². The monoisotopic (exact) mass is 438 g/mol. The highest BCUT2D eigenvalue weighted by Gasteiger charge is 2.07. The summed E-state index contributed by atoms with van der Waals surface area (Å²) in [5.41, 5.74) is 2.07. The van der Waals surface area contributed by atoms with Crippen LogP contribution < -0.4 is 20.1 Å². The van der Waals surface area contributed by atoms with Gasteiger partial charge in [-0.25, -0.2) is 0 Å². The molecule has 0 fully saturated rings. The van der Waals surface area contributed by atoms with Gasteiger partial charge in [0.2, 0.25) is 0 Å². The van der Waals surface area contributed by atoms with Crippen LogP contribution in [0.15, 0.2) is 47.6 Å². The second-order valence-corrected chi connectivity index (χ2v) is 7.23. The number of nitrogens with zero attached hydrogens (tertiary/aromatic N) is 4. The number of aliphatic imine (C=N–C) groups is 1. The standard InChI is InChI=1S/C24H34N6O2/c1-4-25-24(26-15-9-11-23-29-28-22-10-7-8-17-30(22)23)27-16-14-19-12-13-20(31-5-2)21(18-19)32-6-3/h7-8,10,12-13,17-18H,4-6,9,11,14-16H2,1-3H3,(H2,25,26,27). The van der Waals surface area contributed by atoms with Gasteiger partial charge >= 0.3 is 0 Å². The summed E-state index contributed by atoms with van der Waals surface area (Å²) in [5, 5.41) is 15.2. The maximum atomic E-state index is 5.73. The van der Waals surface area contributed by atoms with Crippen molar-refractivity contribution in [3.05, 3.63) is 54.0 Å². The van der Waals surface area contributed by atoms with E-state index in [1.54, 1.807) is 0 Å². The van der Waals surface area contributed by atoms with Crippen molar-refractivity contribution >= 4 is 11.6 Å². The topological polar surface area (TPSA) is 85.1 Å². The number of ether oxygens (including phenoxy) is 2. The first-order chi connectivity index (χ1) is 15.7. The maximum absolute atomic E-state index is 5.73. The van der Waals surface area contributed by atoms with Crippen molar-refractivity contribution in [3.8, 4) is 11.5 Å². The second kappa shape index (κ2) is 12.5. The third-order valence-electron chi connectivity index (χ3n) is 4.87. The first kappa shape index (κ1) is 23.4. The molecule has 32 heavy (non-hydrogen) atoms. The van der Waals surface area contributed by atoms with E-state index >= 15 is 0 Å². The van der Waals surface area contributed by atoms with Crippen LogP contribution in [0.5, 0.6) is 11.5 Å². The Morgan fingerprint density at radius 2 is 1.81 bits per heavy atom. The van der Waals surface area contributed by atoms with Gasteiger partial charge in [0.15, 0.2) is 23.1 Å². The molecule has 8 nitrogen and oxygen atoms in total. The molecule has 8 heteroatoms. The van der Waals surface area contributed by atoms with Crippen LogP contribution in [0.3, 0.4) is 0 Å². The molecule has 3 rings (SSSR count). The Hall–Kier alpha value is -3.29. The predicted octanol–water partition coefficient (Wildman–Crippen LogP) is 3.26. The molecular weight excluding hydrogens is 404 g/mol.